The molecule has 1 aliphatic carbocycles. The van der Waals surface area contributed by atoms with Crippen molar-refractivity contribution in [3.63, 3.8) is 0 Å². The van der Waals surface area contributed by atoms with E-state index in [9.17, 15) is 14.4 Å². The third-order valence-corrected chi connectivity index (χ3v) is 4.42. The van der Waals surface area contributed by atoms with Gasteiger partial charge in [-0.15, -0.1) is 0 Å². The normalized spacial score (nSPS) is 23.4. The van der Waals surface area contributed by atoms with Gasteiger partial charge in [-0.1, -0.05) is 12.8 Å². The fourth-order valence-corrected chi connectivity index (χ4v) is 3.51. The van der Waals surface area contributed by atoms with Crippen molar-refractivity contribution in [2.75, 3.05) is 6.54 Å². The minimum atomic E-state index is -0.712. The minimum absolute atomic E-state index is 0.213. The fourth-order valence-electron chi connectivity index (χ4n) is 3.51. The molecular weight excluding hydrogens is 260 g/mol. The number of amides is 1. The first kappa shape index (κ1) is 13.1. The van der Waals surface area contributed by atoms with Gasteiger partial charge in [0.25, 0.3) is 11.5 Å². The van der Waals surface area contributed by atoms with E-state index < -0.39 is 11.2 Å². The Kier molecular flexibility index (Phi) is 3.42. The molecular formula is C13H18N4O3. The highest BCUT2D eigenvalue weighted by atomic mass is 16.2. The van der Waals surface area contributed by atoms with Crippen molar-refractivity contribution < 1.29 is 4.79 Å². The molecule has 1 aromatic heterocycles. The summed E-state index contributed by atoms with van der Waals surface area (Å²) in [5.41, 5.74) is -1.62. The molecule has 7 nitrogen and oxygen atoms in total. The van der Waals surface area contributed by atoms with Crippen LogP contribution in [0.1, 0.15) is 49.0 Å². The zero-order chi connectivity index (χ0) is 14.1. The summed E-state index contributed by atoms with van der Waals surface area (Å²) in [6.07, 6.45) is 6.72. The van der Waals surface area contributed by atoms with Crippen molar-refractivity contribution >= 4 is 5.91 Å². The zero-order valence-electron chi connectivity index (χ0n) is 11.2. The summed E-state index contributed by atoms with van der Waals surface area (Å²) in [4.78, 5) is 38.9. The average molecular weight is 278 g/mol. The second-order valence-corrected chi connectivity index (χ2v) is 5.61. The van der Waals surface area contributed by atoms with Crippen LogP contribution in [0, 0.1) is 5.92 Å². The number of aromatic amines is 2. The van der Waals surface area contributed by atoms with E-state index in [4.69, 9.17) is 0 Å². The number of nitrogens with zero attached hydrogens (tertiary/aromatic N) is 2. The number of hydrogen-bond donors (Lipinski definition) is 2. The molecule has 3 rings (SSSR count). The standard InChI is InChI=1S/C13H18N4O3/c18-11-10(15-16-13(20)14-11)12(19)17-7-3-6-9(17)8-4-1-2-5-8/h8-9H,1-7H2,(H2,14,16,18,20). The number of carbonyl (C=O) groups excluding carboxylic acids is 1. The number of carbonyl (C=O) groups is 1. The summed E-state index contributed by atoms with van der Waals surface area (Å²) < 4.78 is 0. The highest BCUT2D eigenvalue weighted by molar-refractivity contribution is 5.92. The Hall–Kier alpha value is -1.92. The maximum atomic E-state index is 12.5. The molecule has 2 N–H and O–H groups in total. The lowest BCUT2D eigenvalue weighted by molar-refractivity contribution is 0.0679. The molecule has 0 radical (unpaired) electrons. The molecule has 0 spiro atoms. The van der Waals surface area contributed by atoms with Gasteiger partial charge in [0.1, 0.15) is 0 Å². The largest absolute Gasteiger partial charge is 0.342 e. The number of rotatable bonds is 2. The molecule has 7 heteroatoms. The highest BCUT2D eigenvalue weighted by Gasteiger charge is 2.37. The lowest BCUT2D eigenvalue weighted by Gasteiger charge is -2.28. The lowest BCUT2D eigenvalue weighted by Crippen LogP contribution is -2.43. The molecule has 108 valence electrons. The summed E-state index contributed by atoms with van der Waals surface area (Å²) in [6, 6.07) is 0.220. The van der Waals surface area contributed by atoms with Crippen molar-refractivity contribution in [2.45, 2.75) is 44.6 Å². The van der Waals surface area contributed by atoms with E-state index in [1.54, 1.807) is 4.90 Å². The van der Waals surface area contributed by atoms with E-state index in [1.807, 2.05) is 0 Å². The number of aromatic nitrogens is 3. The first-order valence-electron chi connectivity index (χ1n) is 7.17. The second kappa shape index (κ2) is 5.22. The van der Waals surface area contributed by atoms with Gasteiger partial charge in [0.05, 0.1) is 0 Å². The predicted octanol–water partition coefficient (Wildman–Crippen LogP) is 0.253. The predicted molar refractivity (Wildman–Crippen MR) is 71.5 cm³/mol. The van der Waals surface area contributed by atoms with Gasteiger partial charge in [-0.05, 0) is 31.6 Å². The Bertz CT molecular complexity index is 615. The van der Waals surface area contributed by atoms with Crippen LogP contribution in [0.3, 0.4) is 0 Å². The molecule has 20 heavy (non-hydrogen) atoms. The molecule has 1 saturated heterocycles. The Morgan fingerprint density at radius 3 is 2.60 bits per heavy atom. The van der Waals surface area contributed by atoms with Crippen LogP contribution < -0.4 is 11.2 Å². The third-order valence-electron chi connectivity index (χ3n) is 4.42. The molecule has 1 aromatic rings. The molecule has 2 fully saturated rings. The molecule has 1 saturated carbocycles. The minimum Gasteiger partial charge on any atom is -0.334 e. The molecule has 0 bridgehead atoms. The molecule has 1 atom stereocenters. The maximum absolute atomic E-state index is 12.5. The summed E-state index contributed by atoms with van der Waals surface area (Å²) in [7, 11) is 0. The summed E-state index contributed by atoms with van der Waals surface area (Å²) >= 11 is 0. The van der Waals surface area contributed by atoms with Crippen molar-refractivity contribution in [1.29, 1.82) is 0 Å². The molecule has 1 aliphatic heterocycles. The average Bonchev–Trinajstić information content (AvgIpc) is 3.09. The molecule has 1 amide bonds. The molecule has 2 heterocycles. The van der Waals surface area contributed by atoms with Gasteiger partial charge in [0, 0.05) is 12.6 Å². The van der Waals surface area contributed by atoms with Gasteiger partial charge in [-0.2, -0.15) is 5.10 Å². The van der Waals surface area contributed by atoms with Crippen LogP contribution >= 0.6 is 0 Å². The topological polar surface area (TPSA) is 98.9 Å². The third kappa shape index (κ3) is 2.28. The monoisotopic (exact) mass is 278 g/mol. The Morgan fingerprint density at radius 2 is 1.90 bits per heavy atom. The smallest absolute Gasteiger partial charge is 0.334 e. The van der Waals surface area contributed by atoms with Crippen LogP contribution in [0.4, 0.5) is 0 Å². The van der Waals surface area contributed by atoms with E-state index in [1.165, 1.54) is 12.8 Å². The van der Waals surface area contributed by atoms with Gasteiger partial charge in [-0.25, -0.2) is 9.89 Å². The van der Waals surface area contributed by atoms with E-state index in [2.05, 4.69) is 15.2 Å². The Morgan fingerprint density at radius 1 is 1.15 bits per heavy atom. The zero-order valence-corrected chi connectivity index (χ0v) is 11.2. The van der Waals surface area contributed by atoms with E-state index in [-0.39, 0.29) is 17.6 Å². The fraction of sp³-hybridized carbons (Fsp3) is 0.692. The Balaban J connectivity index is 1.85. The van der Waals surface area contributed by atoms with Gasteiger partial charge >= 0.3 is 5.69 Å². The number of nitrogens with one attached hydrogen (secondary N) is 2. The van der Waals surface area contributed by atoms with Crippen molar-refractivity contribution in [1.82, 2.24) is 20.1 Å². The highest BCUT2D eigenvalue weighted by Crippen LogP contribution is 2.35. The second-order valence-electron chi connectivity index (χ2n) is 5.61. The van der Waals surface area contributed by atoms with Crippen molar-refractivity contribution in [2.24, 2.45) is 5.92 Å². The van der Waals surface area contributed by atoms with Crippen LogP contribution in [0.5, 0.6) is 0 Å². The van der Waals surface area contributed by atoms with Crippen LogP contribution in [-0.2, 0) is 0 Å². The van der Waals surface area contributed by atoms with Crippen LogP contribution in [0.25, 0.3) is 0 Å². The van der Waals surface area contributed by atoms with Crippen molar-refractivity contribution in [3.05, 3.63) is 26.5 Å². The van der Waals surface area contributed by atoms with Crippen LogP contribution in [-0.4, -0.2) is 38.6 Å². The molecule has 0 aromatic carbocycles. The first-order valence-corrected chi connectivity index (χ1v) is 7.17. The van der Waals surface area contributed by atoms with Gasteiger partial charge in [-0.3, -0.25) is 14.6 Å². The molecule has 1 unspecified atom stereocenters. The van der Waals surface area contributed by atoms with E-state index in [0.29, 0.717) is 12.5 Å². The first-order chi connectivity index (χ1) is 9.66. The lowest BCUT2D eigenvalue weighted by atomic mass is 9.96. The molecule has 2 aliphatic rings. The number of hydrogen-bond acceptors (Lipinski definition) is 4. The Labute approximate surface area is 115 Å². The van der Waals surface area contributed by atoms with E-state index in [0.717, 1.165) is 25.7 Å². The van der Waals surface area contributed by atoms with Gasteiger partial charge in [0.2, 0.25) is 5.69 Å². The SMILES string of the molecule is O=C(c1n[nH]c(=O)[nH]c1=O)N1CCCC1C1CCCC1. The van der Waals surface area contributed by atoms with Gasteiger partial charge in [0.15, 0.2) is 0 Å². The van der Waals surface area contributed by atoms with Crippen LogP contribution in [0.2, 0.25) is 0 Å². The number of likely N-dealkylation sites (tertiary alicyclic amines) is 1. The van der Waals surface area contributed by atoms with Gasteiger partial charge < -0.3 is 4.90 Å². The summed E-state index contributed by atoms with van der Waals surface area (Å²) in [5.74, 6) is 0.181. The maximum Gasteiger partial charge on any atom is 0.342 e. The quantitative estimate of drug-likeness (QED) is 0.810. The van der Waals surface area contributed by atoms with E-state index >= 15 is 0 Å². The van der Waals surface area contributed by atoms with Crippen molar-refractivity contribution in [3.8, 4) is 0 Å². The van der Waals surface area contributed by atoms with Crippen LogP contribution in [0.15, 0.2) is 9.59 Å². The summed E-state index contributed by atoms with van der Waals surface area (Å²) in [6.45, 7) is 0.667. The number of H-pyrrole nitrogens is 2. The summed E-state index contributed by atoms with van der Waals surface area (Å²) in [5, 5.41) is 5.73.